The second-order valence-corrected chi connectivity index (χ2v) is 5.94. The Bertz CT molecular complexity index is 663. The summed E-state index contributed by atoms with van der Waals surface area (Å²) in [4.78, 5) is 38.0. The Labute approximate surface area is 152 Å². The van der Waals surface area contributed by atoms with E-state index in [1.54, 1.807) is 24.3 Å². The number of anilines is 1. The Balaban J connectivity index is 1.95. The van der Waals surface area contributed by atoms with Crippen LogP contribution < -0.4 is 15.0 Å². The molecule has 1 saturated heterocycles. The number of nitrogens with zero attached hydrogens (tertiary/aromatic N) is 1. The summed E-state index contributed by atoms with van der Waals surface area (Å²) in [5.41, 5.74) is 0.612. The Hall–Kier alpha value is -2.61. The first-order valence-electron chi connectivity index (χ1n) is 8.38. The minimum Gasteiger partial charge on any atom is -0.495 e. The Morgan fingerprint density at radius 1 is 1.31 bits per heavy atom. The molecule has 1 aromatic carbocycles. The van der Waals surface area contributed by atoms with Gasteiger partial charge in [-0.05, 0) is 19.1 Å². The minimum atomic E-state index is -0.935. The normalized spacial score (nSPS) is 17.7. The van der Waals surface area contributed by atoms with Crippen LogP contribution in [-0.2, 0) is 23.9 Å². The maximum atomic E-state index is 12.3. The molecule has 0 aromatic heterocycles. The average Bonchev–Trinajstić information content (AvgIpc) is 3.03. The van der Waals surface area contributed by atoms with Crippen LogP contribution in [0.1, 0.15) is 13.3 Å². The van der Waals surface area contributed by atoms with Crippen LogP contribution in [-0.4, -0.2) is 57.8 Å². The largest absolute Gasteiger partial charge is 0.495 e. The van der Waals surface area contributed by atoms with E-state index in [0.717, 1.165) is 0 Å². The van der Waals surface area contributed by atoms with Crippen LogP contribution >= 0.6 is 0 Å². The molecule has 0 spiro atoms. The zero-order valence-corrected chi connectivity index (χ0v) is 15.2. The molecule has 26 heavy (non-hydrogen) atoms. The van der Waals surface area contributed by atoms with Gasteiger partial charge in [0.15, 0.2) is 6.10 Å². The first-order chi connectivity index (χ1) is 12.5. The fourth-order valence-electron chi connectivity index (χ4n) is 2.70. The van der Waals surface area contributed by atoms with E-state index in [2.05, 4.69) is 5.32 Å². The molecule has 0 unspecified atom stereocenters. The van der Waals surface area contributed by atoms with Gasteiger partial charge in [-0.1, -0.05) is 12.1 Å². The molecule has 2 amide bonds. The number of hydrogen-bond donors (Lipinski definition) is 1. The monoisotopic (exact) mass is 364 g/mol. The summed E-state index contributed by atoms with van der Waals surface area (Å²) in [5.74, 6) is -1.22. The molecule has 8 nitrogen and oxygen atoms in total. The molecular formula is C18H24N2O6. The van der Waals surface area contributed by atoms with Gasteiger partial charge in [0.05, 0.1) is 25.3 Å². The molecule has 1 aliphatic heterocycles. The van der Waals surface area contributed by atoms with E-state index in [-0.39, 0.29) is 18.9 Å². The van der Waals surface area contributed by atoms with Crippen molar-refractivity contribution in [1.29, 1.82) is 0 Å². The number of esters is 1. The molecule has 2 atom stereocenters. The highest BCUT2D eigenvalue weighted by Gasteiger charge is 2.38. The van der Waals surface area contributed by atoms with Gasteiger partial charge >= 0.3 is 5.97 Å². The summed E-state index contributed by atoms with van der Waals surface area (Å²) in [6.07, 6.45) is -0.899. The Morgan fingerprint density at radius 2 is 2.04 bits per heavy atom. The van der Waals surface area contributed by atoms with Gasteiger partial charge in [0.2, 0.25) is 5.91 Å². The molecule has 142 valence electrons. The summed E-state index contributed by atoms with van der Waals surface area (Å²) >= 11 is 0. The molecule has 0 aliphatic carbocycles. The fraction of sp³-hybridized carbons (Fsp3) is 0.500. The number of carbonyl (C=O) groups excluding carboxylic acids is 3. The molecule has 1 aliphatic rings. The summed E-state index contributed by atoms with van der Waals surface area (Å²) in [5, 5.41) is 2.60. The van der Waals surface area contributed by atoms with Crippen molar-refractivity contribution in [3.05, 3.63) is 24.3 Å². The van der Waals surface area contributed by atoms with Crippen LogP contribution in [0, 0.1) is 5.92 Å². The first kappa shape index (κ1) is 19.7. The van der Waals surface area contributed by atoms with Crippen molar-refractivity contribution in [2.45, 2.75) is 19.4 Å². The zero-order valence-electron chi connectivity index (χ0n) is 15.2. The van der Waals surface area contributed by atoms with Crippen LogP contribution in [0.4, 0.5) is 5.69 Å². The summed E-state index contributed by atoms with van der Waals surface area (Å²) in [7, 11) is 3.05. The molecule has 0 radical (unpaired) electrons. The minimum absolute atomic E-state index is 0.0366. The van der Waals surface area contributed by atoms with Crippen molar-refractivity contribution in [3.8, 4) is 5.75 Å². The second-order valence-electron chi connectivity index (χ2n) is 5.94. The van der Waals surface area contributed by atoms with E-state index in [4.69, 9.17) is 14.2 Å². The number of para-hydroxylation sites is 2. The highest BCUT2D eigenvalue weighted by atomic mass is 16.5. The topological polar surface area (TPSA) is 94.2 Å². The first-order valence-corrected chi connectivity index (χ1v) is 8.38. The lowest BCUT2D eigenvalue weighted by molar-refractivity contribution is -0.158. The number of methoxy groups -OCH3 is 2. The van der Waals surface area contributed by atoms with Crippen LogP contribution in [0.5, 0.6) is 5.75 Å². The second kappa shape index (κ2) is 9.19. The molecule has 2 rings (SSSR count). The highest BCUT2D eigenvalue weighted by molar-refractivity contribution is 6.00. The van der Waals surface area contributed by atoms with Gasteiger partial charge in [0.1, 0.15) is 5.75 Å². The number of hydrogen-bond acceptors (Lipinski definition) is 6. The summed E-state index contributed by atoms with van der Waals surface area (Å²) in [6, 6.07) is 7.11. The maximum absolute atomic E-state index is 12.3. The van der Waals surface area contributed by atoms with Crippen LogP contribution in [0.15, 0.2) is 24.3 Å². The predicted molar refractivity (Wildman–Crippen MR) is 93.9 cm³/mol. The van der Waals surface area contributed by atoms with E-state index in [0.29, 0.717) is 24.6 Å². The van der Waals surface area contributed by atoms with Crippen LogP contribution in [0.25, 0.3) is 0 Å². The van der Waals surface area contributed by atoms with Gasteiger partial charge in [-0.3, -0.25) is 14.4 Å². The molecule has 1 N–H and O–H groups in total. The van der Waals surface area contributed by atoms with Crippen molar-refractivity contribution in [2.24, 2.45) is 5.92 Å². The van der Waals surface area contributed by atoms with Gasteiger partial charge in [-0.25, -0.2) is 0 Å². The van der Waals surface area contributed by atoms with Crippen molar-refractivity contribution in [3.63, 3.8) is 0 Å². The van der Waals surface area contributed by atoms with E-state index < -0.39 is 23.9 Å². The zero-order chi connectivity index (χ0) is 19.1. The number of rotatable bonds is 8. The third kappa shape index (κ3) is 4.72. The van der Waals surface area contributed by atoms with E-state index in [9.17, 15) is 14.4 Å². The molecule has 8 heteroatoms. The highest BCUT2D eigenvalue weighted by Crippen LogP contribution is 2.33. The average molecular weight is 364 g/mol. The number of nitrogens with one attached hydrogen (secondary N) is 1. The quantitative estimate of drug-likeness (QED) is 0.540. The van der Waals surface area contributed by atoms with E-state index >= 15 is 0 Å². The van der Waals surface area contributed by atoms with Crippen LogP contribution in [0.3, 0.4) is 0 Å². The SMILES string of the molecule is COCCNC(=O)[C@H](C)OC(=O)[C@@H]1CC(=O)N(c2ccccc2OC)C1. The number of benzene rings is 1. The number of amides is 2. The standard InChI is InChI=1S/C18H24N2O6/c1-12(17(22)19-8-9-24-2)26-18(23)13-10-16(21)20(11-13)14-6-4-5-7-15(14)25-3/h4-7,12-13H,8-11H2,1-3H3,(H,19,22)/t12-,13+/m0/s1. The third-order valence-corrected chi connectivity index (χ3v) is 4.10. The summed E-state index contributed by atoms with van der Waals surface area (Å²) in [6.45, 7) is 2.39. The molecule has 1 heterocycles. The number of ether oxygens (including phenoxy) is 3. The lowest BCUT2D eigenvalue weighted by atomic mass is 10.1. The lowest BCUT2D eigenvalue weighted by Gasteiger charge is -2.19. The molecular weight excluding hydrogens is 340 g/mol. The van der Waals surface area contributed by atoms with Gasteiger partial charge < -0.3 is 24.4 Å². The smallest absolute Gasteiger partial charge is 0.312 e. The predicted octanol–water partition coefficient (Wildman–Crippen LogP) is 0.742. The van der Waals surface area contributed by atoms with Gasteiger partial charge in [0.25, 0.3) is 5.91 Å². The Kier molecular flexibility index (Phi) is 6.97. The van der Waals surface area contributed by atoms with E-state index in [1.807, 2.05) is 0 Å². The number of carbonyl (C=O) groups is 3. The molecule has 1 fully saturated rings. The molecule has 0 saturated carbocycles. The van der Waals surface area contributed by atoms with Gasteiger partial charge in [-0.15, -0.1) is 0 Å². The van der Waals surface area contributed by atoms with Gasteiger partial charge in [-0.2, -0.15) is 0 Å². The van der Waals surface area contributed by atoms with E-state index in [1.165, 1.54) is 26.0 Å². The maximum Gasteiger partial charge on any atom is 0.312 e. The fourth-order valence-corrected chi connectivity index (χ4v) is 2.70. The lowest BCUT2D eigenvalue weighted by Crippen LogP contribution is -2.38. The molecule has 1 aromatic rings. The van der Waals surface area contributed by atoms with Crippen molar-refractivity contribution < 1.29 is 28.6 Å². The Morgan fingerprint density at radius 3 is 2.73 bits per heavy atom. The third-order valence-electron chi connectivity index (χ3n) is 4.10. The van der Waals surface area contributed by atoms with Gasteiger partial charge in [0, 0.05) is 26.6 Å². The molecule has 0 bridgehead atoms. The van der Waals surface area contributed by atoms with Crippen molar-refractivity contribution in [2.75, 3.05) is 38.8 Å². The summed E-state index contributed by atoms with van der Waals surface area (Å²) < 4.78 is 15.3. The van der Waals surface area contributed by atoms with Crippen LogP contribution in [0.2, 0.25) is 0 Å². The van der Waals surface area contributed by atoms with Crippen molar-refractivity contribution in [1.82, 2.24) is 5.32 Å². The van der Waals surface area contributed by atoms with Crippen molar-refractivity contribution >= 4 is 23.5 Å².